The molecule has 29 heavy (non-hydrogen) atoms. The van der Waals surface area contributed by atoms with Gasteiger partial charge in [-0.15, -0.1) is 0 Å². The summed E-state index contributed by atoms with van der Waals surface area (Å²) in [5.41, 5.74) is 1.78. The zero-order valence-corrected chi connectivity index (χ0v) is 18.6. The van der Waals surface area contributed by atoms with Gasteiger partial charge in [0.2, 0.25) is 0 Å². The third-order valence-corrected chi connectivity index (χ3v) is 7.80. The molecule has 160 valence electrons. The van der Waals surface area contributed by atoms with E-state index in [1.54, 1.807) is 0 Å². The van der Waals surface area contributed by atoms with Crippen LogP contribution in [0.2, 0.25) is 0 Å². The topological polar surface area (TPSA) is 55.8 Å². The molecule has 0 aliphatic carbocycles. The van der Waals surface area contributed by atoms with Crippen LogP contribution in [0.15, 0.2) is 60.7 Å². The molecule has 0 spiro atoms. The van der Waals surface area contributed by atoms with Crippen molar-refractivity contribution < 1.29 is 18.7 Å². The van der Waals surface area contributed by atoms with E-state index in [0.717, 1.165) is 36.8 Å². The van der Waals surface area contributed by atoms with Gasteiger partial charge in [0.1, 0.15) is 0 Å². The highest BCUT2D eigenvalue weighted by Crippen LogP contribution is 2.59. The third kappa shape index (κ3) is 8.06. The summed E-state index contributed by atoms with van der Waals surface area (Å²) >= 11 is 0. The van der Waals surface area contributed by atoms with Crippen molar-refractivity contribution in [3.63, 3.8) is 0 Å². The summed E-state index contributed by atoms with van der Waals surface area (Å²) in [4.78, 5) is 0. The van der Waals surface area contributed by atoms with Crippen LogP contribution in [0.3, 0.4) is 0 Å². The monoisotopic (exact) mass is 418 g/mol. The highest BCUT2D eigenvalue weighted by Gasteiger charge is 2.39. The number of hydrogen-bond acceptors (Lipinski definition) is 4. The van der Waals surface area contributed by atoms with Crippen LogP contribution in [-0.2, 0) is 26.8 Å². The first kappa shape index (κ1) is 23.8. The Morgan fingerprint density at radius 3 is 1.83 bits per heavy atom. The molecule has 0 radical (unpaired) electrons. The molecule has 0 amide bonds. The van der Waals surface area contributed by atoms with Gasteiger partial charge in [0, 0.05) is 6.61 Å². The lowest BCUT2D eigenvalue weighted by atomic mass is 9.98. The van der Waals surface area contributed by atoms with Crippen LogP contribution in [0.25, 0.3) is 0 Å². The minimum Gasteiger partial charge on any atom is -0.396 e. The number of aliphatic hydroxyl groups excluding tert-OH is 1. The Morgan fingerprint density at radius 2 is 1.38 bits per heavy atom. The normalized spacial score (nSPS) is 13.9. The number of hydrogen-bond donors (Lipinski definition) is 1. The number of aliphatic hydroxyl groups is 1. The molecule has 2 rings (SSSR count). The lowest BCUT2D eigenvalue weighted by Crippen LogP contribution is -2.22. The molecule has 5 heteroatoms. The Hall–Kier alpha value is -1.45. The van der Waals surface area contributed by atoms with E-state index in [0.29, 0.717) is 6.42 Å². The van der Waals surface area contributed by atoms with E-state index >= 15 is 0 Å². The summed E-state index contributed by atoms with van der Waals surface area (Å²) in [5.74, 6) is 0.145. The Balaban J connectivity index is 2.21. The SMILES string of the molecule is CCCCC(C(C)CCCO)P(=O)(OCc1ccccc1)OCc1ccccc1. The molecule has 2 aromatic carbocycles. The largest absolute Gasteiger partial charge is 0.396 e. The first-order valence-electron chi connectivity index (χ1n) is 10.7. The van der Waals surface area contributed by atoms with E-state index in [1.165, 1.54) is 0 Å². The zero-order chi connectivity index (χ0) is 21.0. The van der Waals surface area contributed by atoms with Gasteiger partial charge < -0.3 is 14.2 Å². The van der Waals surface area contributed by atoms with Gasteiger partial charge in [-0.3, -0.25) is 4.57 Å². The molecule has 0 aliphatic rings. The second-order valence-corrected chi connectivity index (χ2v) is 9.87. The van der Waals surface area contributed by atoms with Crippen LogP contribution < -0.4 is 0 Å². The van der Waals surface area contributed by atoms with Gasteiger partial charge in [-0.05, 0) is 36.3 Å². The Kier molecular flexibility index (Phi) is 10.7. The molecule has 2 atom stereocenters. The number of rotatable bonds is 14. The Labute approximate surface area is 175 Å². The molecule has 0 heterocycles. The molecule has 2 unspecified atom stereocenters. The maximum absolute atomic E-state index is 14.1. The van der Waals surface area contributed by atoms with Crippen molar-refractivity contribution in [1.29, 1.82) is 0 Å². The summed E-state index contributed by atoms with van der Waals surface area (Å²) in [6.45, 7) is 4.91. The minimum atomic E-state index is -3.37. The molecule has 4 nitrogen and oxygen atoms in total. The van der Waals surface area contributed by atoms with Crippen LogP contribution in [0.1, 0.15) is 57.1 Å². The molecular formula is C24H35O4P. The third-order valence-electron chi connectivity index (χ3n) is 5.24. The van der Waals surface area contributed by atoms with E-state index < -0.39 is 7.60 Å². The summed E-state index contributed by atoms with van der Waals surface area (Å²) in [6, 6.07) is 19.6. The predicted molar refractivity (Wildman–Crippen MR) is 119 cm³/mol. The quantitative estimate of drug-likeness (QED) is 0.352. The summed E-state index contributed by atoms with van der Waals surface area (Å²) in [6.07, 6.45) is 4.30. The molecule has 0 saturated carbocycles. The predicted octanol–water partition coefficient (Wildman–Crippen LogP) is 6.58. The highest BCUT2D eigenvalue weighted by atomic mass is 31.2. The molecule has 2 aromatic rings. The maximum Gasteiger partial charge on any atom is 0.334 e. The molecule has 0 bridgehead atoms. The lowest BCUT2D eigenvalue weighted by molar-refractivity contribution is 0.172. The highest BCUT2D eigenvalue weighted by molar-refractivity contribution is 7.54. The number of benzene rings is 2. The van der Waals surface area contributed by atoms with Crippen LogP contribution in [0.4, 0.5) is 0 Å². The fourth-order valence-electron chi connectivity index (χ4n) is 3.48. The van der Waals surface area contributed by atoms with Crippen molar-refractivity contribution in [3.05, 3.63) is 71.8 Å². The zero-order valence-electron chi connectivity index (χ0n) is 17.7. The van der Waals surface area contributed by atoms with Crippen molar-refractivity contribution in [2.24, 2.45) is 5.92 Å². The molecule has 0 fully saturated rings. The smallest absolute Gasteiger partial charge is 0.334 e. The summed E-state index contributed by atoms with van der Waals surface area (Å²) < 4.78 is 26.2. The Bertz CT molecular complexity index is 673. The molecular weight excluding hydrogens is 383 g/mol. The maximum atomic E-state index is 14.1. The van der Waals surface area contributed by atoms with Gasteiger partial charge in [0.15, 0.2) is 0 Å². The summed E-state index contributed by atoms with van der Waals surface area (Å²) in [7, 11) is -3.37. The first-order valence-corrected chi connectivity index (χ1v) is 12.3. The summed E-state index contributed by atoms with van der Waals surface area (Å²) in [5, 5.41) is 9.25. The van der Waals surface area contributed by atoms with Crippen LogP contribution in [0.5, 0.6) is 0 Å². The molecule has 0 aromatic heterocycles. The number of unbranched alkanes of at least 4 members (excludes halogenated alkanes) is 1. The van der Waals surface area contributed by atoms with Crippen LogP contribution in [-0.4, -0.2) is 17.4 Å². The fraction of sp³-hybridized carbons (Fsp3) is 0.500. The fourth-order valence-corrected chi connectivity index (χ4v) is 5.87. The average molecular weight is 419 g/mol. The van der Waals surface area contributed by atoms with E-state index in [2.05, 4.69) is 13.8 Å². The molecule has 0 saturated heterocycles. The second-order valence-electron chi connectivity index (χ2n) is 7.61. The van der Waals surface area contributed by atoms with Crippen molar-refractivity contribution in [3.8, 4) is 0 Å². The van der Waals surface area contributed by atoms with Crippen LogP contribution >= 0.6 is 7.60 Å². The van der Waals surface area contributed by atoms with Gasteiger partial charge in [-0.25, -0.2) is 0 Å². The van der Waals surface area contributed by atoms with Crippen molar-refractivity contribution >= 4 is 7.60 Å². The van der Waals surface area contributed by atoms with Gasteiger partial charge in [-0.1, -0.05) is 87.4 Å². The van der Waals surface area contributed by atoms with Crippen molar-refractivity contribution in [2.45, 2.75) is 64.8 Å². The average Bonchev–Trinajstić information content (AvgIpc) is 2.76. The lowest BCUT2D eigenvalue weighted by Gasteiger charge is -2.31. The standard InChI is InChI=1S/C24H35O4P/c1-3-4-17-24(21(2)12-11-18-25)29(26,27-19-22-13-7-5-8-14-22)28-20-23-15-9-6-10-16-23/h5-10,13-16,21,24-25H,3-4,11-12,17-20H2,1-2H3. The van der Waals surface area contributed by atoms with E-state index in [-0.39, 0.29) is 31.4 Å². The van der Waals surface area contributed by atoms with E-state index in [9.17, 15) is 9.67 Å². The minimum absolute atomic E-state index is 0.144. The molecule has 1 N–H and O–H groups in total. The van der Waals surface area contributed by atoms with Gasteiger partial charge in [-0.2, -0.15) is 0 Å². The Morgan fingerprint density at radius 1 is 0.862 bits per heavy atom. The van der Waals surface area contributed by atoms with Gasteiger partial charge >= 0.3 is 7.60 Å². The van der Waals surface area contributed by atoms with Crippen LogP contribution in [0, 0.1) is 5.92 Å². The van der Waals surface area contributed by atoms with Gasteiger partial charge in [0.25, 0.3) is 0 Å². The first-order chi connectivity index (χ1) is 14.1. The van der Waals surface area contributed by atoms with E-state index in [1.807, 2.05) is 60.7 Å². The molecule has 0 aliphatic heterocycles. The van der Waals surface area contributed by atoms with Crippen molar-refractivity contribution in [1.82, 2.24) is 0 Å². The second kappa shape index (κ2) is 13.0. The van der Waals surface area contributed by atoms with E-state index in [4.69, 9.17) is 9.05 Å². The van der Waals surface area contributed by atoms with Crippen molar-refractivity contribution in [2.75, 3.05) is 6.61 Å². The van der Waals surface area contributed by atoms with Gasteiger partial charge in [0.05, 0.1) is 18.9 Å².